The molecular weight excluding hydrogens is 216 g/mol. The first kappa shape index (κ1) is 11.4. The molecule has 0 bridgehead atoms. The summed E-state index contributed by atoms with van der Waals surface area (Å²) in [7, 11) is 0. The molecule has 0 aliphatic rings. The summed E-state index contributed by atoms with van der Waals surface area (Å²) in [5, 5.41) is 9.28. The van der Waals surface area contributed by atoms with Crippen molar-refractivity contribution in [3.63, 3.8) is 0 Å². The summed E-state index contributed by atoms with van der Waals surface area (Å²) in [6, 6.07) is 5.62. The van der Waals surface area contributed by atoms with E-state index in [1.54, 1.807) is 17.8 Å². The van der Waals surface area contributed by atoms with Gasteiger partial charge in [0.25, 0.3) is 0 Å². The predicted molar refractivity (Wildman–Crippen MR) is 60.5 cm³/mol. The van der Waals surface area contributed by atoms with Crippen molar-refractivity contribution in [3.05, 3.63) is 28.3 Å². The van der Waals surface area contributed by atoms with Crippen molar-refractivity contribution >= 4 is 23.4 Å². The number of nitrogens with two attached hydrogens (primary N) is 1. The third-order valence-electron chi connectivity index (χ3n) is 1.79. The molecule has 74 valence electrons. The molecule has 0 aliphatic heterocycles. The van der Waals surface area contributed by atoms with Gasteiger partial charge in [0.2, 0.25) is 0 Å². The molecular formula is C10H11ClN2S. The molecule has 0 amide bonds. The summed E-state index contributed by atoms with van der Waals surface area (Å²) in [5.74, 6) is 0.967. The minimum absolute atomic E-state index is 0.439. The maximum Gasteiger partial charge on any atom is 0.101 e. The smallest absolute Gasteiger partial charge is 0.101 e. The lowest BCUT2D eigenvalue weighted by molar-refractivity contribution is 1.02. The molecule has 0 radical (unpaired) electrons. The second-order valence-electron chi connectivity index (χ2n) is 2.69. The van der Waals surface area contributed by atoms with Gasteiger partial charge >= 0.3 is 0 Å². The summed E-state index contributed by atoms with van der Waals surface area (Å²) in [5.41, 5.74) is 7.07. The third kappa shape index (κ3) is 2.42. The highest BCUT2D eigenvalue weighted by atomic mass is 35.5. The molecule has 0 spiro atoms. The van der Waals surface area contributed by atoms with E-state index in [2.05, 4.69) is 6.92 Å². The Balaban J connectivity index is 3.18. The van der Waals surface area contributed by atoms with E-state index in [1.165, 1.54) is 0 Å². The highest BCUT2D eigenvalue weighted by Crippen LogP contribution is 2.28. The van der Waals surface area contributed by atoms with Crippen molar-refractivity contribution in [2.75, 3.05) is 5.75 Å². The van der Waals surface area contributed by atoms with Gasteiger partial charge in [-0.05, 0) is 23.4 Å². The zero-order valence-corrected chi connectivity index (χ0v) is 9.45. The van der Waals surface area contributed by atoms with Gasteiger partial charge in [0.1, 0.15) is 6.07 Å². The van der Waals surface area contributed by atoms with Crippen molar-refractivity contribution in [3.8, 4) is 6.07 Å². The Morgan fingerprint density at radius 2 is 2.29 bits per heavy atom. The van der Waals surface area contributed by atoms with Crippen LogP contribution >= 0.6 is 23.4 Å². The largest absolute Gasteiger partial charge is 0.326 e. The Morgan fingerprint density at radius 3 is 2.79 bits per heavy atom. The van der Waals surface area contributed by atoms with Crippen LogP contribution < -0.4 is 5.73 Å². The average Bonchev–Trinajstić information content (AvgIpc) is 2.19. The SMILES string of the molecule is CCSc1cc(Cl)c(C#N)cc1CN. The second kappa shape index (κ2) is 5.26. The zero-order valence-electron chi connectivity index (χ0n) is 7.88. The lowest BCUT2D eigenvalue weighted by Crippen LogP contribution is -1.99. The minimum Gasteiger partial charge on any atom is -0.326 e. The van der Waals surface area contributed by atoms with Gasteiger partial charge in [-0.25, -0.2) is 0 Å². The van der Waals surface area contributed by atoms with Gasteiger partial charge in [0.05, 0.1) is 10.6 Å². The maximum absolute atomic E-state index is 8.78. The van der Waals surface area contributed by atoms with Crippen LogP contribution in [0.1, 0.15) is 18.1 Å². The van der Waals surface area contributed by atoms with Crippen LogP contribution in [-0.2, 0) is 6.54 Å². The fourth-order valence-corrected chi connectivity index (χ4v) is 2.25. The van der Waals surface area contributed by atoms with Crippen molar-refractivity contribution < 1.29 is 0 Å². The minimum atomic E-state index is 0.439. The average molecular weight is 227 g/mol. The van der Waals surface area contributed by atoms with Crippen LogP contribution in [0.25, 0.3) is 0 Å². The zero-order chi connectivity index (χ0) is 10.6. The Labute approximate surface area is 93.1 Å². The predicted octanol–water partition coefficient (Wildman–Crippen LogP) is 2.78. The van der Waals surface area contributed by atoms with Crippen LogP contribution in [0.2, 0.25) is 5.02 Å². The number of halogens is 1. The molecule has 0 unspecified atom stereocenters. The normalized spacial score (nSPS) is 9.86. The van der Waals surface area contributed by atoms with Gasteiger partial charge in [-0.3, -0.25) is 0 Å². The molecule has 14 heavy (non-hydrogen) atoms. The van der Waals surface area contributed by atoms with Crippen LogP contribution in [0.3, 0.4) is 0 Å². The highest BCUT2D eigenvalue weighted by Gasteiger charge is 2.07. The molecule has 0 atom stereocenters. The molecule has 1 aromatic rings. The molecule has 0 aromatic heterocycles. The van der Waals surface area contributed by atoms with Crippen LogP contribution in [-0.4, -0.2) is 5.75 Å². The first-order valence-corrected chi connectivity index (χ1v) is 5.64. The molecule has 0 fully saturated rings. The van der Waals surface area contributed by atoms with E-state index in [4.69, 9.17) is 22.6 Å². The Hall–Kier alpha value is -0.690. The number of nitrogens with zero attached hydrogens (tertiary/aromatic N) is 1. The first-order valence-electron chi connectivity index (χ1n) is 4.28. The van der Waals surface area contributed by atoms with Gasteiger partial charge in [0.15, 0.2) is 0 Å². The van der Waals surface area contributed by atoms with Crippen molar-refractivity contribution in [1.82, 2.24) is 0 Å². The maximum atomic E-state index is 8.78. The number of nitriles is 1. The van der Waals surface area contributed by atoms with Gasteiger partial charge < -0.3 is 5.73 Å². The lowest BCUT2D eigenvalue weighted by Gasteiger charge is -2.07. The number of benzene rings is 1. The topological polar surface area (TPSA) is 49.8 Å². The fraction of sp³-hybridized carbons (Fsp3) is 0.300. The van der Waals surface area contributed by atoms with E-state index in [1.807, 2.05) is 12.1 Å². The second-order valence-corrected chi connectivity index (χ2v) is 4.40. The molecule has 2 nitrogen and oxygen atoms in total. The van der Waals surface area contributed by atoms with Crippen molar-refractivity contribution in [1.29, 1.82) is 5.26 Å². The van der Waals surface area contributed by atoms with Gasteiger partial charge in [-0.2, -0.15) is 5.26 Å². The van der Waals surface area contributed by atoms with E-state index in [-0.39, 0.29) is 0 Å². The van der Waals surface area contributed by atoms with Crippen LogP contribution in [0.15, 0.2) is 17.0 Å². The van der Waals surface area contributed by atoms with Crippen LogP contribution in [0.5, 0.6) is 0 Å². The Morgan fingerprint density at radius 1 is 1.57 bits per heavy atom. The quantitative estimate of drug-likeness (QED) is 0.807. The number of hydrogen-bond acceptors (Lipinski definition) is 3. The summed E-state index contributed by atoms with van der Waals surface area (Å²) >= 11 is 7.60. The summed E-state index contributed by atoms with van der Waals surface area (Å²) in [6.07, 6.45) is 0. The van der Waals surface area contributed by atoms with Crippen LogP contribution in [0, 0.1) is 11.3 Å². The van der Waals surface area contributed by atoms with Gasteiger partial charge in [-0.1, -0.05) is 18.5 Å². The van der Waals surface area contributed by atoms with Gasteiger partial charge in [0, 0.05) is 11.4 Å². The Kier molecular flexibility index (Phi) is 4.27. The van der Waals surface area contributed by atoms with E-state index < -0.39 is 0 Å². The molecule has 1 rings (SSSR count). The third-order valence-corrected chi connectivity index (χ3v) is 3.08. The van der Waals surface area contributed by atoms with Crippen LogP contribution in [0.4, 0.5) is 0 Å². The van der Waals surface area contributed by atoms with Gasteiger partial charge in [-0.15, -0.1) is 11.8 Å². The molecule has 0 aliphatic carbocycles. The number of rotatable bonds is 3. The monoisotopic (exact) mass is 226 g/mol. The lowest BCUT2D eigenvalue weighted by atomic mass is 10.1. The number of hydrogen-bond donors (Lipinski definition) is 1. The molecule has 2 N–H and O–H groups in total. The summed E-state index contributed by atoms with van der Waals surface area (Å²) in [4.78, 5) is 1.07. The first-order chi connectivity index (χ1) is 6.72. The fourth-order valence-electron chi connectivity index (χ4n) is 1.13. The molecule has 4 heteroatoms. The van der Waals surface area contributed by atoms with Crippen molar-refractivity contribution in [2.24, 2.45) is 5.73 Å². The highest BCUT2D eigenvalue weighted by molar-refractivity contribution is 7.99. The standard InChI is InChI=1S/C10H11ClN2S/c1-2-14-10-4-9(11)7(5-12)3-8(10)6-13/h3-4H,2,6,13H2,1H3. The van der Waals surface area contributed by atoms with E-state index in [0.29, 0.717) is 17.1 Å². The summed E-state index contributed by atoms with van der Waals surface area (Å²) < 4.78 is 0. The Bertz CT molecular complexity index is 371. The van der Waals surface area contributed by atoms with Crippen molar-refractivity contribution in [2.45, 2.75) is 18.4 Å². The molecule has 0 heterocycles. The van der Waals surface area contributed by atoms with E-state index in [0.717, 1.165) is 16.2 Å². The molecule has 0 saturated heterocycles. The van der Waals surface area contributed by atoms with E-state index >= 15 is 0 Å². The number of thioether (sulfide) groups is 1. The molecule has 0 saturated carbocycles. The van der Waals surface area contributed by atoms with E-state index in [9.17, 15) is 0 Å². The summed E-state index contributed by atoms with van der Waals surface area (Å²) in [6.45, 7) is 2.51. The molecule has 1 aromatic carbocycles.